The molecule has 0 aromatic heterocycles. The Morgan fingerprint density at radius 3 is 2.03 bits per heavy atom. The van der Waals surface area contributed by atoms with Crippen LogP contribution in [-0.4, -0.2) is 59.5 Å². The van der Waals surface area contributed by atoms with Gasteiger partial charge < -0.3 is 9.80 Å². The number of likely N-dealkylation sites (tertiary alicyclic amines) is 1. The highest BCUT2D eigenvalue weighted by atomic mass is 35.5. The predicted molar refractivity (Wildman–Crippen MR) is 133 cm³/mol. The monoisotopic (exact) mass is 471 g/mol. The molecule has 2 heterocycles. The molecule has 2 fully saturated rings. The van der Waals surface area contributed by atoms with Gasteiger partial charge in [0.25, 0.3) is 0 Å². The first-order valence-electron chi connectivity index (χ1n) is 11.9. The smallest absolute Gasteiger partial charge is 0.227 e. The fraction of sp³-hybridized carbons (Fsp3) is 0.519. The number of carbonyl (C=O) groups excluding carboxylic acids is 1. The molecular formula is C27H35ClFN3O. The van der Waals surface area contributed by atoms with Crippen molar-refractivity contribution in [2.45, 2.75) is 58.2 Å². The average Bonchev–Trinajstić information content (AvgIpc) is 3.20. The molecule has 0 unspecified atom stereocenters. The van der Waals surface area contributed by atoms with Gasteiger partial charge in [-0.3, -0.25) is 9.69 Å². The lowest BCUT2D eigenvalue weighted by Crippen LogP contribution is -2.59. The van der Waals surface area contributed by atoms with Crippen molar-refractivity contribution in [2.75, 3.05) is 31.1 Å². The molecule has 4 atom stereocenters. The fourth-order valence-electron chi connectivity index (χ4n) is 5.51. The van der Waals surface area contributed by atoms with Gasteiger partial charge in [0.05, 0.1) is 5.92 Å². The van der Waals surface area contributed by atoms with Crippen LogP contribution in [0, 0.1) is 11.7 Å². The number of carbonyl (C=O) groups is 1. The molecule has 2 aromatic carbocycles. The number of piperazine rings is 1. The van der Waals surface area contributed by atoms with E-state index in [9.17, 15) is 9.18 Å². The van der Waals surface area contributed by atoms with Gasteiger partial charge in [-0.25, -0.2) is 4.39 Å². The molecule has 2 aliphatic heterocycles. The summed E-state index contributed by atoms with van der Waals surface area (Å²) >= 11 is 6.13. The largest absolute Gasteiger partial charge is 0.363 e. The summed E-state index contributed by atoms with van der Waals surface area (Å²) in [5, 5.41) is 0.715. The molecule has 6 heteroatoms. The van der Waals surface area contributed by atoms with Crippen LogP contribution in [0.3, 0.4) is 0 Å². The Morgan fingerprint density at radius 2 is 1.48 bits per heavy atom. The summed E-state index contributed by atoms with van der Waals surface area (Å²) < 4.78 is 13.4. The third kappa shape index (κ3) is 5.04. The van der Waals surface area contributed by atoms with Crippen LogP contribution in [0.15, 0.2) is 48.5 Å². The van der Waals surface area contributed by atoms with Crippen molar-refractivity contribution in [3.63, 3.8) is 0 Å². The first-order valence-corrected chi connectivity index (χ1v) is 12.3. The van der Waals surface area contributed by atoms with Crippen molar-refractivity contribution in [3.8, 4) is 0 Å². The van der Waals surface area contributed by atoms with Crippen LogP contribution in [0.2, 0.25) is 5.02 Å². The first-order chi connectivity index (χ1) is 15.5. The molecule has 2 saturated heterocycles. The number of nitrogens with zero attached hydrogens (tertiary/aromatic N) is 3. The van der Waals surface area contributed by atoms with E-state index in [0.717, 1.165) is 18.8 Å². The van der Waals surface area contributed by atoms with Gasteiger partial charge in [0.15, 0.2) is 0 Å². The highest BCUT2D eigenvalue weighted by Crippen LogP contribution is 2.38. The van der Waals surface area contributed by atoms with Gasteiger partial charge >= 0.3 is 0 Å². The molecule has 2 aliphatic rings. The van der Waals surface area contributed by atoms with E-state index in [1.54, 1.807) is 0 Å². The van der Waals surface area contributed by atoms with E-state index >= 15 is 0 Å². The molecule has 33 heavy (non-hydrogen) atoms. The molecule has 4 rings (SSSR count). The summed E-state index contributed by atoms with van der Waals surface area (Å²) in [7, 11) is 0. The van der Waals surface area contributed by atoms with Crippen LogP contribution in [0.25, 0.3) is 0 Å². The van der Waals surface area contributed by atoms with Gasteiger partial charge in [0, 0.05) is 60.4 Å². The Kier molecular flexibility index (Phi) is 6.75. The van der Waals surface area contributed by atoms with Gasteiger partial charge in [-0.15, -0.1) is 0 Å². The second kappa shape index (κ2) is 9.27. The average molecular weight is 472 g/mol. The maximum atomic E-state index is 13.9. The maximum Gasteiger partial charge on any atom is 0.227 e. The highest BCUT2D eigenvalue weighted by Gasteiger charge is 2.45. The van der Waals surface area contributed by atoms with Crippen LogP contribution in [0.1, 0.15) is 46.1 Å². The normalized spacial score (nSPS) is 26.6. The van der Waals surface area contributed by atoms with E-state index in [2.05, 4.69) is 61.5 Å². The zero-order chi connectivity index (χ0) is 23.9. The lowest BCUT2D eigenvalue weighted by atomic mass is 9.87. The third-order valence-electron chi connectivity index (χ3n) is 7.24. The molecule has 0 N–H and O–H groups in total. The lowest BCUT2D eigenvalue weighted by molar-refractivity contribution is -0.137. The molecule has 178 valence electrons. The highest BCUT2D eigenvalue weighted by molar-refractivity contribution is 6.30. The molecule has 4 nitrogen and oxygen atoms in total. The minimum Gasteiger partial charge on any atom is -0.363 e. The predicted octanol–water partition coefficient (Wildman–Crippen LogP) is 5.42. The number of rotatable bonds is 3. The number of amides is 1. The van der Waals surface area contributed by atoms with Crippen molar-refractivity contribution in [3.05, 3.63) is 64.9 Å². The Morgan fingerprint density at radius 1 is 0.909 bits per heavy atom. The maximum absolute atomic E-state index is 13.9. The van der Waals surface area contributed by atoms with E-state index in [1.807, 2.05) is 24.3 Å². The standard InChI is InChI=1S/C27H35ClFN3O/c1-18-14-30(15-19(2)32(18)23-12-10-22(29)11-13-23)26(33)25-17-31(27(3,4)5)16-24(25)20-6-8-21(28)9-7-20/h6-13,18-19,24-25H,14-17H2,1-5H3/t18-,19+,24-,25+/m1/s1. The molecule has 1 amide bonds. The van der Waals surface area contributed by atoms with Gasteiger partial charge in [-0.05, 0) is 76.6 Å². The SMILES string of the molecule is C[C@@H]1CN(C(=O)[C@H]2CN(C(C)(C)C)C[C@@H]2c2ccc(Cl)cc2)C[C@H](C)N1c1ccc(F)cc1. The van der Waals surface area contributed by atoms with Crippen LogP contribution in [0.4, 0.5) is 10.1 Å². The van der Waals surface area contributed by atoms with E-state index in [1.165, 1.54) is 17.7 Å². The van der Waals surface area contributed by atoms with Crippen LogP contribution >= 0.6 is 11.6 Å². The summed E-state index contributed by atoms with van der Waals surface area (Å²) in [6, 6.07) is 14.9. The Labute approximate surface area is 202 Å². The minimum atomic E-state index is -0.231. The Bertz CT molecular complexity index is 960. The Hall–Kier alpha value is -2.11. The Balaban J connectivity index is 1.55. The zero-order valence-corrected chi connectivity index (χ0v) is 21.0. The van der Waals surface area contributed by atoms with E-state index < -0.39 is 0 Å². The van der Waals surface area contributed by atoms with E-state index in [-0.39, 0.29) is 41.2 Å². The van der Waals surface area contributed by atoms with Crippen molar-refractivity contribution < 1.29 is 9.18 Å². The number of hydrogen-bond acceptors (Lipinski definition) is 3. The second-order valence-electron chi connectivity index (χ2n) is 10.7. The summed E-state index contributed by atoms with van der Waals surface area (Å²) in [5.74, 6) is 0.0711. The van der Waals surface area contributed by atoms with E-state index in [0.29, 0.717) is 18.1 Å². The topological polar surface area (TPSA) is 26.8 Å². The summed E-state index contributed by atoms with van der Waals surface area (Å²) in [4.78, 5) is 20.7. The molecule has 0 bridgehead atoms. The lowest BCUT2D eigenvalue weighted by Gasteiger charge is -2.46. The summed E-state index contributed by atoms with van der Waals surface area (Å²) in [5.41, 5.74) is 2.18. The second-order valence-corrected chi connectivity index (χ2v) is 11.1. The number of hydrogen-bond donors (Lipinski definition) is 0. The summed E-state index contributed by atoms with van der Waals surface area (Å²) in [6.45, 7) is 13.9. The quantitative estimate of drug-likeness (QED) is 0.598. The van der Waals surface area contributed by atoms with Crippen molar-refractivity contribution in [1.29, 1.82) is 0 Å². The van der Waals surface area contributed by atoms with Gasteiger partial charge in [-0.2, -0.15) is 0 Å². The van der Waals surface area contributed by atoms with Crippen LogP contribution in [-0.2, 0) is 4.79 Å². The van der Waals surface area contributed by atoms with Crippen molar-refractivity contribution in [1.82, 2.24) is 9.80 Å². The van der Waals surface area contributed by atoms with Crippen LogP contribution in [0.5, 0.6) is 0 Å². The zero-order valence-electron chi connectivity index (χ0n) is 20.3. The van der Waals surface area contributed by atoms with E-state index in [4.69, 9.17) is 11.6 Å². The molecule has 2 aromatic rings. The number of halogens is 2. The first kappa shape index (κ1) is 24.0. The molecule has 0 spiro atoms. The van der Waals surface area contributed by atoms with Crippen molar-refractivity contribution >= 4 is 23.2 Å². The van der Waals surface area contributed by atoms with Gasteiger partial charge in [-0.1, -0.05) is 23.7 Å². The van der Waals surface area contributed by atoms with Crippen molar-refractivity contribution in [2.24, 2.45) is 5.92 Å². The van der Waals surface area contributed by atoms with Crippen LogP contribution < -0.4 is 4.90 Å². The number of benzene rings is 2. The fourth-order valence-corrected chi connectivity index (χ4v) is 5.63. The molecule has 0 saturated carbocycles. The van der Waals surface area contributed by atoms with Gasteiger partial charge in [0.2, 0.25) is 5.91 Å². The molecule has 0 aliphatic carbocycles. The van der Waals surface area contributed by atoms with Gasteiger partial charge in [0.1, 0.15) is 5.82 Å². The minimum absolute atomic E-state index is 0.00156. The third-order valence-corrected chi connectivity index (χ3v) is 7.49. The summed E-state index contributed by atoms with van der Waals surface area (Å²) in [6.07, 6.45) is 0. The molecular weight excluding hydrogens is 437 g/mol. The number of anilines is 1. The molecule has 0 radical (unpaired) electrons.